The number of nitrogens with zero attached hydrogens (tertiary/aromatic N) is 1. The number of carbonyl (C=O) groups is 1. The Bertz CT molecular complexity index is 733. The van der Waals surface area contributed by atoms with Crippen molar-refractivity contribution in [2.24, 2.45) is 0 Å². The van der Waals surface area contributed by atoms with Gasteiger partial charge in [0.2, 0.25) is 0 Å². The van der Waals surface area contributed by atoms with Crippen LogP contribution in [0.3, 0.4) is 0 Å². The van der Waals surface area contributed by atoms with Gasteiger partial charge >= 0.3 is 6.36 Å². The summed E-state index contributed by atoms with van der Waals surface area (Å²) in [6, 6.07) is 15.1. The molecule has 1 atom stereocenters. The van der Waals surface area contributed by atoms with Crippen LogP contribution >= 0.6 is 0 Å². The lowest BCUT2D eigenvalue weighted by Crippen LogP contribution is -2.40. The Hall–Kier alpha value is -2.70. The normalized spacial score (nSPS) is 17.2. The van der Waals surface area contributed by atoms with Gasteiger partial charge in [-0.25, -0.2) is 0 Å². The van der Waals surface area contributed by atoms with Gasteiger partial charge in [-0.05, 0) is 49.2 Å². The van der Waals surface area contributed by atoms with Crippen molar-refractivity contribution in [2.75, 3.05) is 18.0 Å². The van der Waals surface area contributed by atoms with E-state index in [-0.39, 0.29) is 17.7 Å². The molecule has 0 aromatic heterocycles. The second kappa shape index (κ2) is 7.68. The summed E-state index contributed by atoms with van der Waals surface area (Å²) in [5, 5.41) is 2.86. The Kier molecular flexibility index (Phi) is 5.35. The van der Waals surface area contributed by atoms with E-state index in [1.54, 1.807) is 0 Å². The topological polar surface area (TPSA) is 41.6 Å². The fraction of sp³-hybridized carbons (Fsp3) is 0.316. The quantitative estimate of drug-likeness (QED) is 0.872. The van der Waals surface area contributed by atoms with Crippen LogP contribution < -0.4 is 15.0 Å². The predicted molar refractivity (Wildman–Crippen MR) is 92.3 cm³/mol. The van der Waals surface area contributed by atoms with Crippen LogP contribution in [-0.2, 0) is 0 Å². The maximum atomic E-state index is 12.2. The number of alkyl halides is 3. The van der Waals surface area contributed by atoms with Crippen molar-refractivity contribution in [1.29, 1.82) is 0 Å². The minimum atomic E-state index is -4.74. The average Bonchev–Trinajstić information content (AvgIpc) is 3.08. The zero-order valence-corrected chi connectivity index (χ0v) is 14.0. The highest BCUT2D eigenvalue weighted by Gasteiger charge is 2.31. The molecule has 2 aromatic rings. The molecule has 1 fully saturated rings. The molecule has 0 saturated carbocycles. The van der Waals surface area contributed by atoms with E-state index in [2.05, 4.69) is 15.0 Å². The summed E-state index contributed by atoms with van der Waals surface area (Å²) in [6.45, 7) is 1.42. The summed E-state index contributed by atoms with van der Waals surface area (Å²) in [6.07, 6.45) is -2.71. The number of benzene rings is 2. The largest absolute Gasteiger partial charge is 0.573 e. The summed E-state index contributed by atoms with van der Waals surface area (Å²) in [5.41, 5.74) is 1.42. The van der Waals surface area contributed by atoms with Gasteiger partial charge in [0, 0.05) is 30.4 Å². The van der Waals surface area contributed by atoms with Crippen LogP contribution in [0.4, 0.5) is 18.9 Å². The van der Waals surface area contributed by atoms with Crippen molar-refractivity contribution in [3.8, 4) is 5.75 Å². The molecule has 4 nitrogen and oxygen atoms in total. The minimum Gasteiger partial charge on any atom is -0.406 e. The molecule has 0 radical (unpaired) electrons. The number of hydrogen-bond donors (Lipinski definition) is 1. The molecule has 2 aromatic carbocycles. The summed E-state index contributed by atoms with van der Waals surface area (Å²) in [5.74, 6) is -0.663. The molecule has 7 heteroatoms. The number of carbonyl (C=O) groups excluding carboxylic acids is 1. The van der Waals surface area contributed by atoms with Crippen LogP contribution in [0.2, 0.25) is 0 Å². The van der Waals surface area contributed by atoms with Gasteiger partial charge in [-0.1, -0.05) is 18.2 Å². The smallest absolute Gasteiger partial charge is 0.406 e. The van der Waals surface area contributed by atoms with Gasteiger partial charge in [0.25, 0.3) is 5.91 Å². The number of nitrogens with one attached hydrogen (secondary N) is 1. The molecule has 1 aliphatic rings. The second-order valence-electron chi connectivity index (χ2n) is 6.11. The monoisotopic (exact) mass is 364 g/mol. The number of anilines is 1. The lowest BCUT2D eigenvalue weighted by atomic mass is 10.1. The van der Waals surface area contributed by atoms with Crippen LogP contribution in [0.25, 0.3) is 0 Å². The standard InChI is InChI=1S/C19H19F3N2O2/c20-19(21,22)26-17-10-8-14(9-11-17)18(25)23-13-16-7-4-12-24(16)15-5-2-1-3-6-15/h1-3,5-6,8-11,16H,4,7,12-13H2,(H,23,25). The molecule has 1 unspecified atom stereocenters. The molecule has 26 heavy (non-hydrogen) atoms. The van der Waals surface area contributed by atoms with E-state index in [9.17, 15) is 18.0 Å². The Morgan fingerprint density at radius 2 is 1.81 bits per heavy atom. The van der Waals surface area contributed by atoms with Crippen molar-refractivity contribution >= 4 is 11.6 Å². The van der Waals surface area contributed by atoms with E-state index >= 15 is 0 Å². The second-order valence-corrected chi connectivity index (χ2v) is 6.11. The highest BCUT2D eigenvalue weighted by Crippen LogP contribution is 2.25. The van der Waals surface area contributed by atoms with Crippen LogP contribution in [0, 0.1) is 0 Å². The molecule has 1 saturated heterocycles. The van der Waals surface area contributed by atoms with E-state index in [4.69, 9.17) is 0 Å². The fourth-order valence-corrected chi connectivity index (χ4v) is 3.13. The highest BCUT2D eigenvalue weighted by molar-refractivity contribution is 5.94. The third-order valence-corrected chi connectivity index (χ3v) is 4.31. The zero-order chi connectivity index (χ0) is 18.6. The Morgan fingerprint density at radius 1 is 1.12 bits per heavy atom. The van der Waals surface area contributed by atoms with Gasteiger partial charge in [-0.2, -0.15) is 0 Å². The summed E-state index contributed by atoms with van der Waals surface area (Å²) in [7, 11) is 0. The number of rotatable bonds is 5. The fourth-order valence-electron chi connectivity index (χ4n) is 3.13. The molecule has 0 bridgehead atoms. The van der Waals surface area contributed by atoms with Crippen molar-refractivity contribution in [1.82, 2.24) is 5.32 Å². The Morgan fingerprint density at radius 3 is 2.46 bits per heavy atom. The number of ether oxygens (including phenoxy) is 1. The molecule has 1 heterocycles. The van der Waals surface area contributed by atoms with E-state index in [1.165, 1.54) is 12.1 Å². The SMILES string of the molecule is O=C(NCC1CCCN1c1ccccc1)c1ccc(OC(F)(F)F)cc1. The predicted octanol–water partition coefficient (Wildman–Crippen LogP) is 3.98. The molecule has 0 aliphatic carbocycles. The maximum absolute atomic E-state index is 12.2. The first-order valence-corrected chi connectivity index (χ1v) is 8.38. The molecular formula is C19H19F3N2O2. The van der Waals surface area contributed by atoms with Gasteiger partial charge in [0.05, 0.1) is 0 Å². The molecule has 3 rings (SSSR count). The molecule has 1 N–H and O–H groups in total. The van der Waals surface area contributed by atoms with E-state index < -0.39 is 6.36 Å². The third kappa shape index (κ3) is 4.68. The van der Waals surface area contributed by atoms with Crippen LogP contribution in [-0.4, -0.2) is 31.4 Å². The first-order valence-electron chi connectivity index (χ1n) is 8.38. The highest BCUT2D eigenvalue weighted by atomic mass is 19.4. The van der Waals surface area contributed by atoms with E-state index in [0.29, 0.717) is 12.1 Å². The summed E-state index contributed by atoms with van der Waals surface area (Å²) >= 11 is 0. The van der Waals surface area contributed by atoms with Gasteiger partial charge in [0.15, 0.2) is 0 Å². The van der Waals surface area contributed by atoms with Crippen molar-refractivity contribution in [2.45, 2.75) is 25.2 Å². The summed E-state index contributed by atoms with van der Waals surface area (Å²) < 4.78 is 40.3. The first kappa shape index (κ1) is 18.1. The van der Waals surface area contributed by atoms with Crippen molar-refractivity contribution < 1.29 is 22.7 Å². The van der Waals surface area contributed by atoms with E-state index in [0.717, 1.165) is 37.2 Å². The number of amides is 1. The third-order valence-electron chi connectivity index (χ3n) is 4.31. The maximum Gasteiger partial charge on any atom is 0.573 e. The van der Waals surface area contributed by atoms with Gasteiger partial charge in [-0.3, -0.25) is 4.79 Å². The summed E-state index contributed by atoms with van der Waals surface area (Å²) in [4.78, 5) is 14.5. The van der Waals surface area contributed by atoms with Crippen LogP contribution in [0.15, 0.2) is 54.6 Å². The van der Waals surface area contributed by atoms with Crippen molar-refractivity contribution in [3.05, 3.63) is 60.2 Å². The first-order chi connectivity index (χ1) is 12.4. The number of halogens is 3. The molecule has 1 amide bonds. The van der Waals surface area contributed by atoms with Gasteiger partial charge in [0.1, 0.15) is 5.75 Å². The van der Waals surface area contributed by atoms with Crippen molar-refractivity contribution in [3.63, 3.8) is 0 Å². The van der Waals surface area contributed by atoms with E-state index in [1.807, 2.05) is 30.3 Å². The number of para-hydroxylation sites is 1. The number of hydrogen-bond acceptors (Lipinski definition) is 3. The Balaban J connectivity index is 1.56. The van der Waals surface area contributed by atoms with Crippen LogP contribution in [0.1, 0.15) is 23.2 Å². The lowest BCUT2D eigenvalue weighted by Gasteiger charge is -2.27. The van der Waals surface area contributed by atoms with Gasteiger partial charge in [-0.15, -0.1) is 13.2 Å². The minimum absolute atomic E-state index is 0.203. The lowest BCUT2D eigenvalue weighted by molar-refractivity contribution is -0.274. The zero-order valence-electron chi connectivity index (χ0n) is 14.0. The molecular weight excluding hydrogens is 345 g/mol. The molecule has 0 spiro atoms. The molecule has 1 aliphatic heterocycles. The molecule has 138 valence electrons. The van der Waals surface area contributed by atoms with Crippen LogP contribution in [0.5, 0.6) is 5.75 Å². The Labute approximate surface area is 149 Å². The van der Waals surface area contributed by atoms with Gasteiger partial charge < -0.3 is 15.0 Å². The average molecular weight is 364 g/mol.